The quantitative estimate of drug-likeness (QED) is 0.810. The molecule has 24 heavy (non-hydrogen) atoms. The molecule has 7 nitrogen and oxygen atoms in total. The fourth-order valence-corrected chi connectivity index (χ4v) is 3.10. The molecule has 0 aromatic heterocycles. The zero-order valence-electron chi connectivity index (χ0n) is 13.2. The lowest BCUT2D eigenvalue weighted by Crippen LogP contribution is -2.27. The zero-order chi connectivity index (χ0) is 17.6. The lowest BCUT2D eigenvalue weighted by atomic mass is 9.86. The van der Waals surface area contributed by atoms with E-state index in [1.165, 1.54) is 14.0 Å². The lowest BCUT2D eigenvalue weighted by Gasteiger charge is -2.29. The van der Waals surface area contributed by atoms with Crippen LogP contribution in [0.1, 0.15) is 46.0 Å². The Morgan fingerprint density at radius 1 is 1.29 bits per heavy atom. The predicted molar refractivity (Wildman–Crippen MR) is 81.6 cm³/mol. The minimum absolute atomic E-state index is 0.0535. The summed E-state index contributed by atoms with van der Waals surface area (Å²) < 4.78 is 10.5. The Morgan fingerprint density at radius 2 is 2.00 bits per heavy atom. The molecule has 0 spiro atoms. The molecule has 3 rings (SSSR count). The highest BCUT2D eigenvalue weighted by atomic mass is 16.5. The maximum absolute atomic E-state index is 12.4. The molecular weight excluding hydrogens is 316 g/mol. The van der Waals surface area contributed by atoms with Crippen LogP contribution in [0.5, 0.6) is 17.2 Å². The average Bonchev–Trinajstić information content (AvgIpc) is 2.53. The molecular formula is C17H16O7. The van der Waals surface area contributed by atoms with Crippen molar-refractivity contribution in [2.24, 2.45) is 0 Å². The van der Waals surface area contributed by atoms with E-state index in [4.69, 9.17) is 9.47 Å². The molecule has 1 aliphatic heterocycles. The summed E-state index contributed by atoms with van der Waals surface area (Å²) in [7, 11) is 1.23. The number of rotatable bonds is 3. The van der Waals surface area contributed by atoms with E-state index in [0.29, 0.717) is 12.8 Å². The molecule has 2 aliphatic rings. The third-order valence-corrected chi connectivity index (χ3v) is 4.19. The molecule has 0 radical (unpaired) electrons. The van der Waals surface area contributed by atoms with E-state index in [1.54, 1.807) is 0 Å². The molecule has 1 aromatic carbocycles. The number of phenols is 2. The number of carbonyl (C=O) groups is 3. The van der Waals surface area contributed by atoms with Crippen molar-refractivity contribution < 1.29 is 34.1 Å². The van der Waals surface area contributed by atoms with E-state index in [2.05, 4.69) is 0 Å². The number of phenolic OH excluding ortho intramolecular Hbond substituents is 2. The third-order valence-electron chi connectivity index (χ3n) is 4.19. The van der Waals surface area contributed by atoms with Crippen LogP contribution in [-0.4, -0.2) is 40.8 Å². The van der Waals surface area contributed by atoms with E-state index in [0.717, 1.165) is 6.08 Å². The largest absolute Gasteiger partial charge is 0.507 e. The molecule has 0 fully saturated rings. The Hall–Kier alpha value is -2.83. The predicted octanol–water partition coefficient (Wildman–Crippen LogP) is 1.68. The van der Waals surface area contributed by atoms with Gasteiger partial charge in [-0.1, -0.05) is 0 Å². The van der Waals surface area contributed by atoms with Gasteiger partial charge >= 0.3 is 0 Å². The van der Waals surface area contributed by atoms with Crippen LogP contribution in [0, 0.1) is 0 Å². The summed E-state index contributed by atoms with van der Waals surface area (Å²) in [6.07, 6.45) is 1.47. The highest BCUT2D eigenvalue weighted by Gasteiger charge is 2.38. The van der Waals surface area contributed by atoms with Gasteiger partial charge in [-0.3, -0.25) is 14.4 Å². The van der Waals surface area contributed by atoms with Gasteiger partial charge in [0.1, 0.15) is 17.6 Å². The van der Waals surface area contributed by atoms with Gasteiger partial charge in [0.05, 0.1) is 18.2 Å². The second kappa shape index (κ2) is 5.67. The van der Waals surface area contributed by atoms with Gasteiger partial charge in [-0.2, -0.15) is 0 Å². The Kier molecular flexibility index (Phi) is 3.79. The summed E-state index contributed by atoms with van der Waals surface area (Å²) in [5.74, 6) is -2.56. The number of methoxy groups -OCH3 is 1. The third kappa shape index (κ3) is 2.33. The van der Waals surface area contributed by atoms with E-state index >= 15 is 0 Å². The topological polar surface area (TPSA) is 110 Å². The molecule has 0 unspecified atom stereocenters. The summed E-state index contributed by atoms with van der Waals surface area (Å²) in [6.45, 7) is 1.43. The van der Waals surface area contributed by atoms with Gasteiger partial charge in [0, 0.05) is 18.1 Å². The molecule has 1 aromatic rings. The number of allylic oxidation sites excluding steroid dienone is 2. The Bertz CT molecular complexity index is 804. The van der Waals surface area contributed by atoms with Gasteiger partial charge < -0.3 is 19.7 Å². The second-order valence-electron chi connectivity index (χ2n) is 5.85. The molecule has 0 amide bonds. The van der Waals surface area contributed by atoms with Gasteiger partial charge in [0.25, 0.3) is 0 Å². The van der Waals surface area contributed by atoms with E-state index < -0.39 is 23.4 Å². The Balaban J connectivity index is 2.15. The fourth-order valence-electron chi connectivity index (χ4n) is 3.10. The standard InChI is InChI=1S/C17H16O7/c1-7(18)5-8-3-4-9-14(20)12-10(19)6-11(23-2)15(21)13(12)16(22)17(9)24-8/h6,8,20,22H,3-5H2,1-2H3/t8-/m1/s1. The van der Waals surface area contributed by atoms with Gasteiger partial charge in [0.15, 0.2) is 23.0 Å². The van der Waals surface area contributed by atoms with Gasteiger partial charge in [-0.15, -0.1) is 0 Å². The first-order valence-electron chi connectivity index (χ1n) is 7.46. The molecule has 2 N–H and O–H groups in total. The summed E-state index contributed by atoms with van der Waals surface area (Å²) in [4.78, 5) is 35.9. The van der Waals surface area contributed by atoms with Crippen molar-refractivity contribution in [2.45, 2.75) is 32.3 Å². The van der Waals surface area contributed by atoms with Crippen LogP contribution < -0.4 is 4.74 Å². The molecule has 126 valence electrons. The van der Waals surface area contributed by atoms with Crippen molar-refractivity contribution in [3.8, 4) is 17.2 Å². The minimum Gasteiger partial charge on any atom is -0.507 e. The van der Waals surface area contributed by atoms with Crippen LogP contribution in [0.2, 0.25) is 0 Å². The highest BCUT2D eigenvalue weighted by molar-refractivity contribution is 6.26. The number of fused-ring (bicyclic) bond motifs is 2. The Labute approximate surface area is 137 Å². The first-order valence-corrected chi connectivity index (χ1v) is 7.46. The molecule has 0 saturated heterocycles. The van der Waals surface area contributed by atoms with Crippen molar-refractivity contribution in [2.75, 3.05) is 7.11 Å². The van der Waals surface area contributed by atoms with Crippen LogP contribution in [0.3, 0.4) is 0 Å². The molecule has 0 saturated carbocycles. The van der Waals surface area contributed by atoms with Crippen molar-refractivity contribution in [1.82, 2.24) is 0 Å². The lowest BCUT2D eigenvalue weighted by molar-refractivity contribution is -0.118. The van der Waals surface area contributed by atoms with Crippen molar-refractivity contribution in [3.05, 3.63) is 28.5 Å². The SMILES string of the molecule is COC1=CC(=O)c2c(O)c3c(c(O)c2C1=O)O[C@@H](CC(C)=O)CC3. The van der Waals surface area contributed by atoms with Crippen molar-refractivity contribution in [1.29, 1.82) is 0 Å². The first kappa shape index (κ1) is 16.0. The minimum atomic E-state index is -0.708. The van der Waals surface area contributed by atoms with Crippen LogP contribution in [0.4, 0.5) is 0 Å². The van der Waals surface area contributed by atoms with E-state index in [-0.39, 0.29) is 46.2 Å². The molecule has 1 aliphatic carbocycles. The number of ketones is 3. The second-order valence-corrected chi connectivity index (χ2v) is 5.85. The van der Waals surface area contributed by atoms with Crippen LogP contribution >= 0.6 is 0 Å². The molecule has 1 heterocycles. The highest BCUT2D eigenvalue weighted by Crippen LogP contribution is 2.48. The summed E-state index contributed by atoms with van der Waals surface area (Å²) in [5.41, 5.74) is -0.314. The number of aromatic hydroxyl groups is 2. The van der Waals surface area contributed by atoms with Gasteiger partial charge in [-0.05, 0) is 19.8 Å². The summed E-state index contributed by atoms with van der Waals surface area (Å²) in [6, 6.07) is 0. The fraction of sp³-hybridized carbons (Fsp3) is 0.353. The smallest absolute Gasteiger partial charge is 0.232 e. The Morgan fingerprint density at radius 3 is 2.62 bits per heavy atom. The van der Waals surface area contributed by atoms with Crippen molar-refractivity contribution in [3.63, 3.8) is 0 Å². The first-order chi connectivity index (χ1) is 11.3. The van der Waals surface area contributed by atoms with Crippen LogP contribution in [-0.2, 0) is 16.0 Å². The summed E-state index contributed by atoms with van der Waals surface area (Å²) >= 11 is 0. The van der Waals surface area contributed by atoms with Crippen molar-refractivity contribution >= 4 is 17.3 Å². The number of carbonyl (C=O) groups excluding carboxylic acids is 3. The molecule has 7 heteroatoms. The number of hydrogen-bond acceptors (Lipinski definition) is 7. The number of ether oxygens (including phenoxy) is 2. The van der Waals surface area contributed by atoms with Gasteiger partial charge in [0.2, 0.25) is 5.78 Å². The number of hydrogen-bond donors (Lipinski definition) is 2. The maximum Gasteiger partial charge on any atom is 0.232 e. The molecule has 0 bridgehead atoms. The zero-order valence-corrected chi connectivity index (χ0v) is 13.2. The normalized spacial score (nSPS) is 19.1. The molecule has 1 atom stereocenters. The maximum atomic E-state index is 12.4. The monoisotopic (exact) mass is 332 g/mol. The number of benzene rings is 1. The number of Topliss-reactive ketones (excluding diaryl/α,β-unsaturated/α-hetero) is 2. The van der Waals surface area contributed by atoms with Crippen LogP contribution in [0.15, 0.2) is 11.8 Å². The van der Waals surface area contributed by atoms with Gasteiger partial charge in [-0.25, -0.2) is 0 Å². The van der Waals surface area contributed by atoms with Crippen LogP contribution in [0.25, 0.3) is 0 Å². The van der Waals surface area contributed by atoms with E-state index in [1.807, 2.05) is 0 Å². The average molecular weight is 332 g/mol. The summed E-state index contributed by atoms with van der Waals surface area (Å²) in [5, 5.41) is 20.9. The van der Waals surface area contributed by atoms with E-state index in [9.17, 15) is 24.6 Å².